The number of hydrogen-bond acceptors (Lipinski definition) is 4. The standard InChI is InChI=1S/C37H36Cl2N4O3S/c1-37(2,3)18-6-8-25-7-4-9-28(19-25)27-14-12-26(13-15-27)20-35-40-34(32-17-16-29(38)21-33(32)39)23-42(35)30-10-5-11-31(22-30)43-24-36(44)41-47(43,45)46/h4-5,7,9-17,19,21-23H,6,8,18,20,24H2,1-3H3,(H,41,44). The smallest absolute Gasteiger partial charge is 0.303 e. The lowest BCUT2D eigenvalue weighted by Crippen LogP contribution is -2.29. The van der Waals surface area contributed by atoms with Gasteiger partial charge in [-0.3, -0.25) is 4.79 Å². The molecule has 1 amide bonds. The maximum absolute atomic E-state index is 12.6. The molecule has 2 heterocycles. The quantitative estimate of drug-likeness (QED) is 0.168. The normalized spacial score (nSPS) is 14.4. The van der Waals surface area contributed by atoms with Gasteiger partial charge in [-0.05, 0) is 83.3 Å². The van der Waals surface area contributed by atoms with Crippen LogP contribution in [-0.2, 0) is 27.8 Å². The molecule has 0 atom stereocenters. The van der Waals surface area contributed by atoms with Crippen LogP contribution in [-0.4, -0.2) is 30.4 Å². The number of nitrogens with zero attached hydrogens (tertiary/aromatic N) is 3. The van der Waals surface area contributed by atoms with Gasteiger partial charge in [0.2, 0.25) is 0 Å². The molecular weight excluding hydrogens is 651 g/mol. The Bertz CT molecular complexity index is 2050. The summed E-state index contributed by atoms with van der Waals surface area (Å²) in [7, 11) is -3.96. The highest BCUT2D eigenvalue weighted by atomic mass is 35.5. The molecule has 47 heavy (non-hydrogen) atoms. The van der Waals surface area contributed by atoms with Crippen LogP contribution in [0.3, 0.4) is 0 Å². The van der Waals surface area contributed by atoms with Crippen LogP contribution in [0.25, 0.3) is 28.1 Å². The van der Waals surface area contributed by atoms with Gasteiger partial charge >= 0.3 is 10.2 Å². The summed E-state index contributed by atoms with van der Waals surface area (Å²) in [5.74, 6) is 0.157. The third-order valence-electron chi connectivity index (χ3n) is 8.17. The first-order valence-corrected chi connectivity index (χ1v) is 17.7. The first-order chi connectivity index (χ1) is 22.3. The zero-order valence-corrected chi connectivity index (χ0v) is 28.8. The number of halogens is 2. The lowest BCUT2D eigenvalue weighted by molar-refractivity contribution is -0.117. The average Bonchev–Trinajstić information content (AvgIpc) is 3.55. The van der Waals surface area contributed by atoms with Gasteiger partial charge in [0.1, 0.15) is 12.4 Å². The molecule has 5 aromatic rings. The minimum Gasteiger partial charge on any atom is -0.303 e. The lowest BCUT2D eigenvalue weighted by Gasteiger charge is -2.17. The molecule has 0 saturated carbocycles. The summed E-state index contributed by atoms with van der Waals surface area (Å²) < 4.78 is 30.1. The highest BCUT2D eigenvalue weighted by Gasteiger charge is 2.34. The number of aryl methyl sites for hydroxylation is 1. The molecule has 1 saturated heterocycles. The van der Waals surface area contributed by atoms with Crippen LogP contribution in [0, 0.1) is 5.41 Å². The number of anilines is 1. The van der Waals surface area contributed by atoms with E-state index in [2.05, 4.69) is 69.3 Å². The van der Waals surface area contributed by atoms with Gasteiger partial charge in [-0.15, -0.1) is 0 Å². The van der Waals surface area contributed by atoms with E-state index in [0.717, 1.165) is 39.7 Å². The van der Waals surface area contributed by atoms with Crippen LogP contribution in [0.15, 0.2) is 97.2 Å². The zero-order chi connectivity index (χ0) is 33.3. The molecule has 7 nitrogen and oxygen atoms in total. The molecule has 0 unspecified atom stereocenters. The number of aromatic nitrogens is 2. The molecule has 1 aliphatic heterocycles. The zero-order valence-electron chi connectivity index (χ0n) is 26.5. The van der Waals surface area contributed by atoms with E-state index in [0.29, 0.717) is 38.9 Å². The van der Waals surface area contributed by atoms with Crippen molar-refractivity contribution < 1.29 is 13.2 Å². The van der Waals surface area contributed by atoms with E-state index in [-0.39, 0.29) is 6.54 Å². The summed E-state index contributed by atoms with van der Waals surface area (Å²) in [4.78, 5) is 16.9. The van der Waals surface area contributed by atoms with E-state index in [1.807, 2.05) is 27.6 Å². The van der Waals surface area contributed by atoms with Gasteiger partial charge in [-0.2, -0.15) is 8.42 Å². The van der Waals surface area contributed by atoms with Crippen molar-refractivity contribution in [2.45, 2.75) is 46.5 Å². The Morgan fingerprint density at radius 3 is 2.30 bits per heavy atom. The number of benzene rings is 4. The molecule has 0 bridgehead atoms. The largest absolute Gasteiger partial charge is 0.326 e. The topological polar surface area (TPSA) is 84.3 Å². The number of amides is 1. The van der Waals surface area contributed by atoms with Crippen molar-refractivity contribution >= 4 is 45.0 Å². The van der Waals surface area contributed by atoms with Gasteiger partial charge in [0.05, 0.1) is 16.4 Å². The van der Waals surface area contributed by atoms with E-state index >= 15 is 0 Å². The fraction of sp³-hybridized carbons (Fsp3) is 0.243. The second-order valence-electron chi connectivity index (χ2n) is 13.1. The summed E-state index contributed by atoms with van der Waals surface area (Å²) >= 11 is 12.7. The van der Waals surface area contributed by atoms with E-state index in [1.54, 1.807) is 30.3 Å². The van der Waals surface area contributed by atoms with Gasteiger partial charge in [0, 0.05) is 28.9 Å². The molecule has 0 radical (unpaired) electrons. The monoisotopic (exact) mass is 686 g/mol. The number of nitrogens with one attached hydrogen (secondary N) is 1. The number of rotatable bonds is 9. The summed E-state index contributed by atoms with van der Waals surface area (Å²) in [6, 6.07) is 29.5. The Morgan fingerprint density at radius 2 is 1.60 bits per heavy atom. The van der Waals surface area contributed by atoms with E-state index < -0.39 is 16.1 Å². The third kappa shape index (κ3) is 7.73. The Balaban J connectivity index is 1.31. The molecule has 10 heteroatoms. The van der Waals surface area contributed by atoms with Gasteiger partial charge in [0.25, 0.3) is 5.91 Å². The van der Waals surface area contributed by atoms with Crippen molar-refractivity contribution in [3.8, 4) is 28.1 Å². The van der Waals surface area contributed by atoms with Gasteiger partial charge in [-0.1, -0.05) is 98.6 Å². The van der Waals surface area contributed by atoms with Crippen LogP contribution >= 0.6 is 23.2 Å². The minimum absolute atomic E-state index is 0.277. The van der Waals surface area contributed by atoms with Crippen molar-refractivity contribution in [2.75, 3.05) is 10.8 Å². The molecule has 1 fully saturated rings. The van der Waals surface area contributed by atoms with E-state index in [1.165, 1.54) is 17.5 Å². The molecule has 1 aromatic heterocycles. The highest BCUT2D eigenvalue weighted by Crippen LogP contribution is 2.33. The van der Waals surface area contributed by atoms with Crippen molar-refractivity contribution in [1.82, 2.24) is 14.3 Å². The second-order valence-corrected chi connectivity index (χ2v) is 15.5. The number of carbonyl (C=O) groups is 1. The molecule has 0 aliphatic carbocycles. The molecule has 4 aromatic carbocycles. The molecule has 242 valence electrons. The first kappa shape index (κ1) is 32.8. The fourth-order valence-electron chi connectivity index (χ4n) is 5.80. The summed E-state index contributed by atoms with van der Waals surface area (Å²) in [5.41, 5.74) is 7.50. The fourth-order valence-corrected chi connectivity index (χ4v) is 7.44. The number of imidazole rings is 1. The van der Waals surface area contributed by atoms with Crippen LogP contribution in [0.2, 0.25) is 10.0 Å². The van der Waals surface area contributed by atoms with Gasteiger partial charge < -0.3 is 4.57 Å². The predicted molar refractivity (Wildman–Crippen MR) is 191 cm³/mol. The van der Waals surface area contributed by atoms with Crippen LogP contribution in [0.4, 0.5) is 5.69 Å². The van der Waals surface area contributed by atoms with E-state index in [9.17, 15) is 13.2 Å². The second kappa shape index (κ2) is 13.2. The average molecular weight is 688 g/mol. The predicted octanol–water partition coefficient (Wildman–Crippen LogP) is 8.65. The Labute approximate surface area is 286 Å². The maximum Gasteiger partial charge on any atom is 0.326 e. The van der Waals surface area contributed by atoms with Crippen LogP contribution in [0.1, 0.15) is 50.6 Å². The minimum atomic E-state index is -3.96. The van der Waals surface area contributed by atoms with Gasteiger partial charge in [0.15, 0.2) is 0 Å². The summed E-state index contributed by atoms with van der Waals surface area (Å²) in [5, 5.41) is 0.997. The SMILES string of the molecule is CC(C)(C)CCCc1cccc(-c2ccc(Cc3nc(-c4ccc(Cl)cc4Cl)cn3-c3cccc(N4CC(=O)NS4(=O)=O)c3)cc2)c1. The van der Waals surface area contributed by atoms with Crippen LogP contribution < -0.4 is 9.03 Å². The Hall–Kier alpha value is -4.11. The molecule has 1 N–H and O–H groups in total. The lowest BCUT2D eigenvalue weighted by atomic mass is 9.88. The Kier molecular flexibility index (Phi) is 9.20. The first-order valence-electron chi connectivity index (χ1n) is 15.5. The van der Waals surface area contributed by atoms with Crippen molar-refractivity contribution in [3.05, 3.63) is 124 Å². The molecule has 0 spiro atoms. The summed E-state index contributed by atoms with van der Waals surface area (Å²) in [6.45, 7) is 6.57. The summed E-state index contributed by atoms with van der Waals surface area (Å²) in [6.07, 6.45) is 5.79. The van der Waals surface area contributed by atoms with Crippen molar-refractivity contribution in [3.63, 3.8) is 0 Å². The van der Waals surface area contributed by atoms with Gasteiger partial charge in [-0.25, -0.2) is 14.0 Å². The Morgan fingerprint density at radius 1 is 0.851 bits per heavy atom. The molecule has 6 rings (SSSR count). The maximum atomic E-state index is 12.6. The van der Waals surface area contributed by atoms with Crippen LogP contribution in [0.5, 0.6) is 0 Å². The third-order valence-corrected chi connectivity index (χ3v) is 10.1. The molecular formula is C37H36Cl2N4O3S. The molecule has 1 aliphatic rings. The number of hydrogen-bond donors (Lipinski definition) is 1. The highest BCUT2D eigenvalue weighted by molar-refractivity contribution is 7.92. The number of carbonyl (C=O) groups excluding carboxylic acids is 1. The van der Waals surface area contributed by atoms with E-state index in [4.69, 9.17) is 28.2 Å². The van der Waals surface area contributed by atoms with Crippen molar-refractivity contribution in [2.24, 2.45) is 5.41 Å². The van der Waals surface area contributed by atoms with Crippen molar-refractivity contribution in [1.29, 1.82) is 0 Å².